The Morgan fingerprint density at radius 1 is 1.18 bits per heavy atom. The first-order valence-corrected chi connectivity index (χ1v) is 6.05. The molecule has 2 aromatic rings. The van der Waals surface area contributed by atoms with E-state index in [1.165, 1.54) is 0 Å². The zero-order valence-corrected chi connectivity index (χ0v) is 11.0. The molecule has 4 heteroatoms. The lowest BCUT2D eigenvalue weighted by atomic mass is 10.2. The van der Waals surface area contributed by atoms with Crippen molar-refractivity contribution in [3.05, 3.63) is 57.5 Å². The van der Waals surface area contributed by atoms with Gasteiger partial charge in [-0.15, -0.1) is 0 Å². The van der Waals surface area contributed by atoms with E-state index in [1.807, 2.05) is 18.2 Å². The standard InChI is InChI=1S/C13H8BrClO2/c14-9-3-1-4-10(7-9)17-13-6-2-5-12(15)11(13)8-16/h1-8H. The first kappa shape index (κ1) is 12.1. The molecule has 0 saturated carbocycles. The van der Waals surface area contributed by atoms with Crippen LogP contribution in [0.1, 0.15) is 10.4 Å². The number of hydrogen-bond donors (Lipinski definition) is 0. The second-order valence-electron chi connectivity index (χ2n) is 3.33. The van der Waals surface area contributed by atoms with Gasteiger partial charge in [0.15, 0.2) is 6.29 Å². The molecular formula is C13H8BrClO2. The third kappa shape index (κ3) is 2.87. The molecule has 0 aromatic heterocycles. The van der Waals surface area contributed by atoms with Crippen molar-refractivity contribution in [3.8, 4) is 11.5 Å². The molecule has 0 atom stereocenters. The molecule has 0 unspecified atom stereocenters. The summed E-state index contributed by atoms with van der Waals surface area (Å²) in [4.78, 5) is 10.9. The third-order valence-corrected chi connectivity index (χ3v) is 2.98. The number of benzene rings is 2. The lowest BCUT2D eigenvalue weighted by Crippen LogP contribution is -1.91. The molecule has 0 amide bonds. The Morgan fingerprint density at radius 3 is 2.65 bits per heavy atom. The fourth-order valence-corrected chi connectivity index (χ4v) is 1.97. The summed E-state index contributed by atoms with van der Waals surface area (Å²) in [6.07, 6.45) is 0.690. The first-order valence-electron chi connectivity index (χ1n) is 4.88. The zero-order valence-electron chi connectivity index (χ0n) is 8.69. The van der Waals surface area contributed by atoms with Gasteiger partial charge in [-0.2, -0.15) is 0 Å². The molecule has 0 radical (unpaired) electrons. The largest absolute Gasteiger partial charge is 0.457 e. The second-order valence-corrected chi connectivity index (χ2v) is 4.65. The number of halogens is 2. The average Bonchev–Trinajstić information content (AvgIpc) is 2.29. The highest BCUT2D eigenvalue weighted by atomic mass is 79.9. The van der Waals surface area contributed by atoms with Gasteiger partial charge in [-0.05, 0) is 30.3 Å². The fourth-order valence-electron chi connectivity index (χ4n) is 1.38. The number of hydrogen-bond acceptors (Lipinski definition) is 2. The number of ether oxygens (including phenoxy) is 1. The maximum absolute atomic E-state index is 10.9. The quantitative estimate of drug-likeness (QED) is 0.768. The number of carbonyl (C=O) groups excluding carboxylic acids is 1. The first-order chi connectivity index (χ1) is 8.20. The zero-order chi connectivity index (χ0) is 12.3. The molecule has 0 aliphatic heterocycles. The minimum atomic E-state index is 0.356. The van der Waals surface area contributed by atoms with Crippen molar-refractivity contribution in [2.24, 2.45) is 0 Å². The Bertz CT molecular complexity index is 555. The van der Waals surface area contributed by atoms with Gasteiger partial charge in [-0.1, -0.05) is 39.7 Å². The highest BCUT2D eigenvalue weighted by Crippen LogP contribution is 2.30. The number of rotatable bonds is 3. The van der Waals surface area contributed by atoms with Gasteiger partial charge in [0, 0.05) is 4.47 Å². The fraction of sp³-hybridized carbons (Fsp3) is 0. The minimum Gasteiger partial charge on any atom is -0.457 e. The molecule has 0 heterocycles. The third-order valence-electron chi connectivity index (χ3n) is 2.15. The van der Waals surface area contributed by atoms with Gasteiger partial charge >= 0.3 is 0 Å². The van der Waals surface area contributed by atoms with Crippen LogP contribution in [0.3, 0.4) is 0 Å². The Hall–Kier alpha value is -1.32. The van der Waals surface area contributed by atoms with Gasteiger partial charge in [-0.25, -0.2) is 0 Å². The van der Waals surface area contributed by atoms with E-state index in [-0.39, 0.29) is 0 Å². The van der Waals surface area contributed by atoms with Crippen molar-refractivity contribution in [3.63, 3.8) is 0 Å². The van der Waals surface area contributed by atoms with Crippen LogP contribution in [0, 0.1) is 0 Å². The van der Waals surface area contributed by atoms with Crippen LogP contribution in [-0.4, -0.2) is 6.29 Å². The summed E-state index contributed by atoms with van der Waals surface area (Å²) in [5, 5.41) is 0.382. The van der Waals surface area contributed by atoms with E-state index in [9.17, 15) is 4.79 Å². The van der Waals surface area contributed by atoms with Gasteiger partial charge in [0.05, 0.1) is 10.6 Å². The summed E-state index contributed by atoms with van der Waals surface area (Å²) < 4.78 is 6.52. The average molecular weight is 312 g/mol. The van der Waals surface area contributed by atoms with E-state index < -0.39 is 0 Å². The maximum atomic E-state index is 10.9. The van der Waals surface area contributed by atoms with Crippen molar-refractivity contribution in [2.45, 2.75) is 0 Å². The molecule has 0 N–H and O–H groups in total. The molecule has 0 saturated heterocycles. The van der Waals surface area contributed by atoms with E-state index in [1.54, 1.807) is 24.3 Å². The maximum Gasteiger partial charge on any atom is 0.155 e. The van der Waals surface area contributed by atoms with E-state index in [2.05, 4.69) is 15.9 Å². The molecule has 2 aromatic carbocycles. The van der Waals surface area contributed by atoms with Crippen molar-refractivity contribution in [2.75, 3.05) is 0 Å². The smallest absolute Gasteiger partial charge is 0.155 e. The topological polar surface area (TPSA) is 26.3 Å². The molecule has 0 bridgehead atoms. The molecule has 0 aliphatic carbocycles. The minimum absolute atomic E-state index is 0.356. The summed E-state index contributed by atoms with van der Waals surface area (Å²) in [5.41, 5.74) is 0.356. The molecule has 2 nitrogen and oxygen atoms in total. The summed E-state index contributed by atoms with van der Waals surface area (Å²) in [7, 11) is 0. The Morgan fingerprint density at radius 2 is 1.94 bits per heavy atom. The Kier molecular flexibility index (Phi) is 3.82. The van der Waals surface area contributed by atoms with Gasteiger partial charge in [0.2, 0.25) is 0 Å². The van der Waals surface area contributed by atoms with Crippen LogP contribution in [0.4, 0.5) is 0 Å². The van der Waals surface area contributed by atoms with E-state index in [0.29, 0.717) is 28.4 Å². The molecule has 2 rings (SSSR count). The summed E-state index contributed by atoms with van der Waals surface area (Å²) in [6.45, 7) is 0. The predicted molar refractivity (Wildman–Crippen MR) is 71.1 cm³/mol. The van der Waals surface area contributed by atoms with Crippen LogP contribution in [-0.2, 0) is 0 Å². The molecule has 0 fully saturated rings. The summed E-state index contributed by atoms with van der Waals surface area (Å²) in [5.74, 6) is 1.09. The van der Waals surface area contributed by atoms with E-state index in [4.69, 9.17) is 16.3 Å². The van der Waals surface area contributed by atoms with Crippen LogP contribution < -0.4 is 4.74 Å². The van der Waals surface area contributed by atoms with Gasteiger partial charge in [0.1, 0.15) is 11.5 Å². The lowest BCUT2D eigenvalue weighted by Gasteiger charge is -2.08. The molecular weight excluding hydrogens is 303 g/mol. The number of aldehydes is 1. The van der Waals surface area contributed by atoms with Crippen LogP contribution in [0.5, 0.6) is 11.5 Å². The highest BCUT2D eigenvalue weighted by molar-refractivity contribution is 9.10. The number of carbonyl (C=O) groups is 1. The summed E-state index contributed by atoms with van der Waals surface area (Å²) >= 11 is 9.26. The predicted octanol–water partition coefficient (Wildman–Crippen LogP) is 4.71. The molecule has 17 heavy (non-hydrogen) atoms. The van der Waals surface area contributed by atoms with Crippen LogP contribution in [0.25, 0.3) is 0 Å². The Labute approximate surface area is 112 Å². The van der Waals surface area contributed by atoms with Crippen LogP contribution in [0.15, 0.2) is 46.9 Å². The monoisotopic (exact) mass is 310 g/mol. The van der Waals surface area contributed by atoms with Crippen LogP contribution in [0.2, 0.25) is 5.02 Å². The second kappa shape index (κ2) is 5.34. The van der Waals surface area contributed by atoms with Gasteiger partial charge < -0.3 is 4.74 Å². The van der Waals surface area contributed by atoms with Gasteiger partial charge in [0.25, 0.3) is 0 Å². The van der Waals surface area contributed by atoms with Crippen LogP contribution >= 0.6 is 27.5 Å². The van der Waals surface area contributed by atoms with Gasteiger partial charge in [-0.3, -0.25) is 4.79 Å². The van der Waals surface area contributed by atoms with Crippen molar-refractivity contribution in [1.82, 2.24) is 0 Å². The van der Waals surface area contributed by atoms with Crippen molar-refractivity contribution < 1.29 is 9.53 Å². The highest BCUT2D eigenvalue weighted by Gasteiger charge is 2.08. The molecule has 0 spiro atoms. The van der Waals surface area contributed by atoms with Crippen molar-refractivity contribution >= 4 is 33.8 Å². The molecule has 86 valence electrons. The molecule has 0 aliphatic rings. The van der Waals surface area contributed by atoms with E-state index >= 15 is 0 Å². The Balaban J connectivity index is 2.36. The SMILES string of the molecule is O=Cc1c(Cl)cccc1Oc1cccc(Br)c1. The summed E-state index contributed by atoms with van der Waals surface area (Å²) in [6, 6.07) is 12.5. The van der Waals surface area contributed by atoms with E-state index in [0.717, 1.165) is 4.47 Å². The van der Waals surface area contributed by atoms with Crippen molar-refractivity contribution in [1.29, 1.82) is 0 Å². The lowest BCUT2D eigenvalue weighted by molar-refractivity contribution is 0.112. The normalized spacial score (nSPS) is 10.0.